The smallest absolute Gasteiger partial charge is 0.238 e. The molecule has 1 amide bonds. The molecule has 1 saturated carbocycles. The van der Waals surface area contributed by atoms with E-state index < -0.39 is 10.0 Å². The second-order valence-electron chi connectivity index (χ2n) is 8.19. The normalized spacial score (nSPS) is 20.9. The van der Waals surface area contributed by atoms with Gasteiger partial charge in [0.15, 0.2) is 5.96 Å². The van der Waals surface area contributed by atoms with Gasteiger partial charge in [0.1, 0.15) is 0 Å². The van der Waals surface area contributed by atoms with Crippen LogP contribution in [0.25, 0.3) is 0 Å². The molecule has 1 aromatic rings. The summed E-state index contributed by atoms with van der Waals surface area (Å²) in [5, 5.41) is 11.8. The van der Waals surface area contributed by atoms with Crippen molar-refractivity contribution in [2.45, 2.75) is 55.9 Å². The van der Waals surface area contributed by atoms with Crippen LogP contribution in [-0.4, -0.2) is 57.9 Å². The Morgan fingerprint density at radius 1 is 1.17 bits per heavy atom. The zero-order valence-electron chi connectivity index (χ0n) is 17.6. The quantitative estimate of drug-likeness (QED) is 0.459. The number of rotatable bonds is 6. The first-order valence-corrected chi connectivity index (χ1v) is 12.3. The first-order chi connectivity index (χ1) is 14.4. The van der Waals surface area contributed by atoms with Crippen molar-refractivity contribution in [3.05, 3.63) is 29.8 Å². The number of aliphatic imine (C=N–C) groups is 1. The van der Waals surface area contributed by atoms with Crippen LogP contribution in [-0.2, 0) is 21.2 Å². The Kier molecular flexibility index (Phi) is 7.71. The fourth-order valence-corrected chi connectivity index (χ4v) is 4.76. The van der Waals surface area contributed by atoms with E-state index in [1.807, 2.05) is 4.90 Å². The SMILES string of the molecule is CN=C(NCCc1ccc(S(N)(=O)=O)cc1)NC1CCN(C(=O)C2CCCCC2)C1. The monoisotopic (exact) mass is 435 g/mol. The third kappa shape index (κ3) is 6.18. The minimum absolute atomic E-state index is 0.116. The number of hydrogen-bond donors (Lipinski definition) is 3. The van der Waals surface area contributed by atoms with E-state index in [2.05, 4.69) is 15.6 Å². The lowest BCUT2D eigenvalue weighted by molar-refractivity contribution is -0.135. The van der Waals surface area contributed by atoms with Crippen molar-refractivity contribution < 1.29 is 13.2 Å². The zero-order valence-corrected chi connectivity index (χ0v) is 18.5. The van der Waals surface area contributed by atoms with Crippen LogP contribution in [0, 0.1) is 5.92 Å². The van der Waals surface area contributed by atoms with Crippen molar-refractivity contribution in [3.63, 3.8) is 0 Å². The van der Waals surface area contributed by atoms with E-state index in [1.165, 1.54) is 31.4 Å². The number of carbonyl (C=O) groups is 1. The van der Waals surface area contributed by atoms with Crippen LogP contribution in [0.4, 0.5) is 0 Å². The fourth-order valence-electron chi connectivity index (χ4n) is 4.25. The van der Waals surface area contributed by atoms with E-state index >= 15 is 0 Å². The predicted octanol–water partition coefficient (Wildman–Crippen LogP) is 1.22. The number of likely N-dealkylation sites (tertiary alicyclic amines) is 1. The molecule has 166 valence electrons. The number of amides is 1. The number of hydrogen-bond acceptors (Lipinski definition) is 4. The number of carbonyl (C=O) groups excluding carboxylic acids is 1. The highest BCUT2D eigenvalue weighted by atomic mass is 32.2. The lowest BCUT2D eigenvalue weighted by Gasteiger charge is -2.26. The molecule has 8 nitrogen and oxygen atoms in total. The van der Waals surface area contributed by atoms with Crippen molar-refractivity contribution in [3.8, 4) is 0 Å². The first-order valence-electron chi connectivity index (χ1n) is 10.7. The highest BCUT2D eigenvalue weighted by molar-refractivity contribution is 7.89. The van der Waals surface area contributed by atoms with Gasteiger partial charge in [-0.15, -0.1) is 0 Å². The standard InChI is InChI=1S/C21H33N5O3S/c1-23-21(24-13-11-16-7-9-19(10-8-16)30(22,28)29)25-18-12-14-26(15-18)20(27)17-5-3-2-4-6-17/h7-10,17-18H,2-6,11-15H2,1H3,(H2,22,28,29)(H2,23,24,25). The average molecular weight is 436 g/mol. The van der Waals surface area contributed by atoms with E-state index in [1.54, 1.807) is 19.2 Å². The Balaban J connectivity index is 1.42. The second kappa shape index (κ2) is 10.3. The average Bonchev–Trinajstić information content (AvgIpc) is 3.21. The summed E-state index contributed by atoms with van der Waals surface area (Å²) in [6, 6.07) is 6.78. The molecule has 0 spiro atoms. The largest absolute Gasteiger partial charge is 0.356 e. The highest BCUT2D eigenvalue weighted by Crippen LogP contribution is 2.26. The third-order valence-corrected chi connectivity index (χ3v) is 6.91. The Bertz CT molecular complexity index is 848. The maximum absolute atomic E-state index is 12.7. The molecule has 0 aromatic heterocycles. The molecule has 2 fully saturated rings. The van der Waals surface area contributed by atoms with Crippen molar-refractivity contribution in [2.75, 3.05) is 26.7 Å². The Morgan fingerprint density at radius 2 is 1.87 bits per heavy atom. The molecule has 2 aliphatic rings. The van der Waals surface area contributed by atoms with Gasteiger partial charge in [-0.05, 0) is 43.4 Å². The minimum Gasteiger partial charge on any atom is -0.356 e. The molecule has 1 aliphatic heterocycles. The van der Waals surface area contributed by atoms with Crippen molar-refractivity contribution in [2.24, 2.45) is 16.0 Å². The van der Waals surface area contributed by atoms with E-state index in [0.717, 1.165) is 44.3 Å². The molecule has 1 aromatic carbocycles. The van der Waals surface area contributed by atoms with Crippen LogP contribution in [0.1, 0.15) is 44.1 Å². The number of primary sulfonamides is 1. The molecular weight excluding hydrogens is 402 g/mol. The van der Waals surface area contributed by atoms with Gasteiger partial charge in [-0.1, -0.05) is 31.4 Å². The molecule has 4 N–H and O–H groups in total. The second-order valence-corrected chi connectivity index (χ2v) is 9.75. The van der Waals surface area contributed by atoms with Gasteiger partial charge in [0.05, 0.1) is 4.90 Å². The van der Waals surface area contributed by atoms with Crippen LogP contribution in [0.5, 0.6) is 0 Å². The number of sulfonamides is 1. The molecule has 30 heavy (non-hydrogen) atoms. The number of nitrogens with two attached hydrogens (primary N) is 1. The van der Waals surface area contributed by atoms with E-state index in [9.17, 15) is 13.2 Å². The summed E-state index contributed by atoms with van der Waals surface area (Å²) in [6.07, 6.45) is 7.33. The van der Waals surface area contributed by atoms with Gasteiger partial charge in [0, 0.05) is 38.6 Å². The summed E-state index contributed by atoms with van der Waals surface area (Å²) in [5.41, 5.74) is 1.01. The Morgan fingerprint density at radius 3 is 2.50 bits per heavy atom. The molecule has 0 bridgehead atoms. The van der Waals surface area contributed by atoms with Crippen LogP contribution in [0.2, 0.25) is 0 Å². The number of benzene rings is 1. The van der Waals surface area contributed by atoms with Gasteiger partial charge in [0.25, 0.3) is 0 Å². The Labute approximate surface area is 179 Å². The summed E-state index contributed by atoms with van der Waals surface area (Å²) in [6.45, 7) is 2.19. The third-order valence-electron chi connectivity index (χ3n) is 5.98. The zero-order chi connectivity index (χ0) is 21.6. The minimum atomic E-state index is -3.66. The first kappa shape index (κ1) is 22.6. The van der Waals surface area contributed by atoms with Gasteiger partial charge >= 0.3 is 0 Å². The summed E-state index contributed by atoms with van der Waals surface area (Å²) >= 11 is 0. The van der Waals surface area contributed by atoms with Crippen molar-refractivity contribution in [1.29, 1.82) is 0 Å². The maximum atomic E-state index is 12.7. The maximum Gasteiger partial charge on any atom is 0.238 e. The molecule has 3 rings (SSSR count). The van der Waals surface area contributed by atoms with Crippen LogP contribution in [0.3, 0.4) is 0 Å². The fraction of sp³-hybridized carbons (Fsp3) is 0.619. The Hall–Kier alpha value is -2.13. The number of nitrogens with one attached hydrogen (secondary N) is 2. The van der Waals surface area contributed by atoms with Gasteiger partial charge in [-0.25, -0.2) is 13.6 Å². The summed E-state index contributed by atoms with van der Waals surface area (Å²) < 4.78 is 22.6. The van der Waals surface area contributed by atoms with E-state index in [4.69, 9.17) is 5.14 Å². The summed E-state index contributed by atoms with van der Waals surface area (Å²) in [7, 11) is -1.93. The lowest BCUT2D eigenvalue weighted by atomic mass is 9.88. The lowest BCUT2D eigenvalue weighted by Crippen LogP contribution is -2.46. The molecule has 1 saturated heterocycles. The summed E-state index contributed by atoms with van der Waals surface area (Å²) in [5.74, 6) is 1.26. The van der Waals surface area contributed by atoms with E-state index in [-0.39, 0.29) is 16.9 Å². The molecular formula is C21H33N5O3S. The molecule has 0 radical (unpaired) electrons. The molecule has 1 unspecified atom stereocenters. The predicted molar refractivity (Wildman–Crippen MR) is 118 cm³/mol. The number of guanidine groups is 1. The molecule has 1 aliphatic carbocycles. The highest BCUT2D eigenvalue weighted by Gasteiger charge is 2.31. The van der Waals surface area contributed by atoms with Gasteiger partial charge in [-0.3, -0.25) is 9.79 Å². The van der Waals surface area contributed by atoms with Crippen LogP contribution in [0.15, 0.2) is 34.2 Å². The number of nitrogens with zero attached hydrogens (tertiary/aromatic N) is 2. The summed E-state index contributed by atoms with van der Waals surface area (Å²) in [4.78, 5) is 19.1. The van der Waals surface area contributed by atoms with Crippen LogP contribution < -0.4 is 15.8 Å². The van der Waals surface area contributed by atoms with Gasteiger partial charge in [0.2, 0.25) is 15.9 Å². The molecule has 1 atom stereocenters. The topological polar surface area (TPSA) is 117 Å². The van der Waals surface area contributed by atoms with Crippen LogP contribution >= 0.6 is 0 Å². The van der Waals surface area contributed by atoms with Crippen molar-refractivity contribution >= 4 is 21.9 Å². The van der Waals surface area contributed by atoms with Crippen molar-refractivity contribution in [1.82, 2.24) is 15.5 Å². The molecule has 9 heteroatoms. The van der Waals surface area contributed by atoms with E-state index in [0.29, 0.717) is 18.4 Å². The van der Waals surface area contributed by atoms with Gasteiger partial charge in [-0.2, -0.15) is 0 Å². The van der Waals surface area contributed by atoms with Gasteiger partial charge < -0.3 is 15.5 Å². The molecule has 1 heterocycles.